The molecule has 4 rings (SSSR count). The van der Waals surface area contributed by atoms with Gasteiger partial charge in [-0.2, -0.15) is 0 Å². The normalized spacial score (nSPS) is 18.4. The quantitative estimate of drug-likeness (QED) is 0.716. The van der Waals surface area contributed by atoms with Crippen molar-refractivity contribution in [3.8, 4) is 0 Å². The number of ether oxygens (including phenoxy) is 2. The minimum absolute atomic E-state index is 0.134. The van der Waals surface area contributed by atoms with E-state index < -0.39 is 0 Å². The maximum absolute atomic E-state index is 5.58. The molecule has 0 radical (unpaired) electrons. The largest absolute Gasteiger partial charge is 0.376 e. The summed E-state index contributed by atoms with van der Waals surface area (Å²) in [5.74, 6) is 0. The Hall–Kier alpha value is -1.64. The van der Waals surface area contributed by atoms with Crippen LogP contribution < -0.4 is 0 Å². The molecule has 0 bridgehead atoms. The average Bonchev–Trinajstić information content (AvgIpc) is 2.54. The molecule has 1 aliphatic heterocycles. The number of rotatable bonds is 3. The first-order chi connectivity index (χ1) is 10.8. The molecule has 1 fully saturated rings. The summed E-state index contributed by atoms with van der Waals surface area (Å²) in [4.78, 5) is 0. The van der Waals surface area contributed by atoms with Crippen molar-refractivity contribution in [1.82, 2.24) is 0 Å². The summed E-state index contributed by atoms with van der Waals surface area (Å²) in [6.45, 7) is 6.42. The molecule has 1 aromatic rings. The van der Waals surface area contributed by atoms with E-state index in [1.807, 2.05) is 0 Å². The highest BCUT2D eigenvalue weighted by Crippen LogP contribution is 2.20. The maximum atomic E-state index is 5.58. The Kier molecular flexibility index (Phi) is 4.91. The summed E-state index contributed by atoms with van der Waals surface area (Å²) in [7, 11) is 0. The highest BCUT2D eigenvalue weighted by atomic mass is 16.6. The molecule has 1 heterocycles. The fourth-order valence-electron chi connectivity index (χ4n) is 2.81. The fourth-order valence-corrected chi connectivity index (χ4v) is 2.81. The molecule has 0 saturated carbocycles. The van der Waals surface area contributed by atoms with Crippen LogP contribution in [0.25, 0.3) is 0 Å². The lowest BCUT2D eigenvalue weighted by Crippen LogP contribution is -2.21. The van der Waals surface area contributed by atoms with Gasteiger partial charge in [-0.3, -0.25) is 0 Å². The van der Waals surface area contributed by atoms with Gasteiger partial charge in [0.2, 0.25) is 0 Å². The summed E-state index contributed by atoms with van der Waals surface area (Å²) in [5, 5.41) is 3.00. The van der Waals surface area contributed by atoms with Gasteiger partial charge < -0.3 is 9.47 Å². The standard InChI is InChI=1S/C11H14O2.C9H10/c1-9-2-4-10(5-3-9)11-8-12-6-7-13-11;1-2-3-7-6-8-4-5-9(7)8/h2-5,11H,6-8H2,1H3;4-6H,2-3H2,1H3. The summed E-state index contributed by atoms with van der Waals surface area (Å²) in [6, 6.07) is 15.1. The van der Waals surface area contributed by atoms with E-state index in [1.165, 1.54) is 34.4 Å². The third-order valence-corrected chi connectivity index (χ3v) is 4.20. The number of hydrogen-bond acceptors (Lipinski definition) is 2. The Bertz CT molecular complexity index is 697. The lowest BCUT2D eigenvalue weighted by atomic mass is 9.96. The van der Waals surface area contributed by atoms with Crippen LogP contribution in [0.5, 0.6) is 0 Å². The van der Waals surface area contributed by atoms with E-state index in [2.05, 4.69) is 56.3 Å². The Morgan fingerprint density at radius 1 is 1.05 bits per heavy atom. The van der Waals surface area contributed by atoms with E-state index in [9.17, 15) is 0 Å². The van der Waals surface area contributed by atoms with Crippen molar-refractivity contribution in [3.63, 3.8) is 0 Å². The fraction of sp³-hybridized carbons (Fsp3) is 0.400. The first-order valence-corrected chi connectivity index (χ1v) is 8.17. The van der Waals surface area contributed by atoms with Crippen LogP contribution in [0.1, 0.15) is 36.1 Å². The second-order valence-corrected chi connectivity index (χ2v) is 5.97. The first-order valence-electron chi connectivity index (χ1n) is 8.17. The molecule has 2 nitrogen and oxygen atoms in total. The number of aryl methyl sites for hydroxylation is 2. The van der Waals surface area contributed by atoms with Gasteiger partial charge in [-0.15, -0.1) is 0 Å². The van der Waals surface area contributed by atoms with E-state index in [4.69, 9.17) is 9.47 Å². The van der Waals surface area contributed by atoms with Crippen LogP contribution in [0.2, 0.25) is 0 Å². The van der Waals surface area contributed by atoms with Crippen LogP contribution in [-0.2, 0) is 15.9 Å². The van der Waals surface area contributed by atoms with Crippen molar-refractivity contribution in [2.75, 3.05) is 19.8 Å². The zero-order valence-electron chi connectivity index (χ0n) is 13.5. The molecule has 1 aromatic carbocycles. The summed E-state index contributed by atoms with van der Waals surface area (Å²) in [5.41, 5.74) is 4.06. The van der Waals surface area contributed by atoms with Crippen molar-refractivity contribution < 1.29 is 9.47 Å². The Morgan fingerprint density at radius 3 is 2.36 bits per heavy atom. The SMILES string of the molecule is CCCc1cc2ccc1=2.Cc1ccc(C2COCCO2)cc1. The van der Waals surface area contributed by atoms with Gasteiger partial charge in [0.05, 0.1) is 19.8 Å². The monoisotopic (exact) mass is 296 g/mol. The van der Waals surface area contributed by atoms with Gasteiger partial charge in [-0.05, 0) is 34.9 Å². The van der Waals surface area contributed by atoms with Crippen LogP contribution in [0.4, 0.5) is 0 Å². The smallest absolute Gasteiger partial charge is 0.106 e. The van der Waals surface area contributed by atoms with Crippen LogP contribution in [0.3, 0.4) is 0 Å². The third-order valence-electron chi connectivity index (χ3n) is 4.20. The van der Waals surface area contributed by atoms with Crippen LogP contribution in [0, 0.1) is 17.4 Å². The van der Waals surface area contributed by atoms with Crippen molar-refractivity contribution >= 4 is 0 Å². The highest BCUT2D eigenvalue weighted by molar-refractivity contribution is 5.33. The van der Waals surface area contributed by atoms with Gasteiger partial charge in [0.1, 0.15) is 6.10 Å². The Morgan fingerprint density at radius 2 is 1.86 bits per heavy atom. The molecule has 0 amide bonds. The molecule has 116 valence electrons. The van der Waals surface area contributed by atoms with Gasteiger partial charge in [0.25, 0.3) is 0 Å². The van der Waals surface area contributed by atoms with Crippen molar-refractivity contribution in [2.45, 2.75) is 32.8 Å². The predicted octanol–water partition coefficient (Wildman–Crippen LogP) is 4.32. The molecule has 2 heteroatoms. The Balaban J connectivity index is 0.000000139. The van der Waals surface area contributed by atoms with Crippen molar-refractivity contribution in [1.29, 1.82) is 0 Å². The van der Waals surface area contributed by atoms with E-state index >= 15 is 0 Å². The molecular weight excluding hydrogens is 272 g/mol. The average molecular weight is 296 g/mol. The molecule has 0 N–H and O–H groups in total. The molecule has 1 unspecified atom stereocenters. The van der Waals surface area contributed by atoms with Gasteiger partial charge in [-0.25, -0.2) is 0 Å². The maximum Gasteiger partial charge on any atom is 0.106 e. The van der Waals surface area contributed by atoms with Crippen LogP contribution in [-0.4, -0.2) is 19.8 Å². The molecule has 22 heavy (non-hydrogen) atoms. The number of hydrogen-bond donors (Lipinski definition) is 0. The lowest BCUT2D eigenvalue weighted by molar-refractivity contribution is -0.0901. The zero-order chi connectivity index (χ0) is 15.4. The van der Waals surface area contributed by atoms with E-state index in [0.717, 1.165) is 6.61 Å². The highest BCUT2D eigenvalue weighted by Gasteiger charge is 2.15. The topological polar surface area (TPSA) is 18.5 Å². The second-order valence-electron chi connectivity index (χ2n) is 5.97. The van der Waals surface area contributed by atoms with Gasteiger partial charge >= 0.3 is 0 Å². The Labute approximate surface area is 132 Å². The molecule has 0 spiro atoms. The third kappa shape index (κ3) is 3.40. The molecule has 1 saturated heterocycles. The first kappa shape index (κ1) is 15.3. The molecule has 2 aliphatic carbocycles. The minimum atomic E-state index is 0.134. The zero-order valence-corrected chi connectivity index (χ0v) is 13.5. The van der Waals surface area contributed by atoms with E-state index in [0.29, 0.717) is 13.2 Å². The predicted molar refractivity (Wildman–Crippen MR) is 88.8 cm³/mol. The van der Waals surface area contributed by atoms with Crippen LogP contribution >= 0.6 is 0 Å². The molecule has 1 atom stereocenters. The van der Waals surface area contributed by atoms with Gasteiger partial charge in [0, 0.05) is 0 Å². The second kappa shape index (κ2) is 7.08. The van der Waals surface area contributed by atoms with Crippen LogP contribution in [0.15, 0.2) is 42.5 Å². The molecule has 3 aliphatic rings. The van der Waals surface area contributed by atoms with E-state index in [1.54, 1.807) is 5.56 Å². The van der Waals surface area contributed by atoms with E-state index in [-0.39, 0.29) is 6.10 Å². The minimum Gasteiger partial charge on any atom is -0.376 e. The number of benzene rings is 2. The van der Waals surface area contributed by atoms with Crippen molar-refractivity contribution in [2.24, 2.45) is 0 Å². The van der Waals surface area contributed by atoms with Gasteiger partial charge in [0.15, 0.2) is 0 Å². The molecular formula is C20H24O2. The summed E-state index contributed by atoms with van der Waals surface area (Å²) >= 11 is 0. The lowest BCUT2D eigenvalue weighted by Gasteiger charge is -2.23. The summed E-state index contributed by atoms with van der Waals surface area (Å²) in [6.07, 6.45) is 2.67. The van der Waals surface area contributed by atoms with Crippen molar-refractivity contribution in [3.05, 3.63) is 69.6 Å². The molecule has 0 aromatic heterocycles. The van der Waals surface area contributed by atoms with Gasteiger partial charge in [-0.1, -0.05) is 61.4 Å². The summed E-state index contributed by atoms with van der Waals surface area (Å²) < 4.78 is 10.9.